The van der Waals surface area contributed by atoms with E-state index in [0.717, 1.165) is 11.4 Å². The van der Waals surface area contributed by atoms with Crippen molar-refractivity contribution < 1.29 is 4.74 Å². The van der Waals surface area contributed by atoms with Gasteiger partial charge in [0.2, 0.25) is 5.95 Å². The first-order chi connectivity index (χ1) is 16.1. The summed E-state index contributed by atoms with van der Waals surface area (Å²) in [5.41, 5.74) is 8.68. The number of anilines is 6. The molecule has 176 valence electrons. The molecule has 1 saturated heterocycles. The van der Waals surface area contributed by atoms with Crippen molar-refractivity contribution in [2.75, 3.05) is 59.6 Å². The number of nitrogen functional groups attached to an aromatic ring is 1. The molecular formula is C23H29Cl2N7O. The highest BCUT2D eigenvalue weighted by Crippen LogP contribution is 2.30. The molecule has 0 spiro atoms. The minimum Gasteiger partial charge on any atom is -0.393 e. The van der Waals surface area contributed by atoms with Crippen molar-refractivity contribution in [1.82, 2.24) is 9.97 Å². The molecule has 0 saturated carbocycles. The van der Waals surface area contributed by atoms with Crippen LogP contribution in [-0.4, -0.2) is 42.9 Å². The van der Waals surface area contributed by atoms with Gasteiger partial charge in [-0.15, -0.1) is 0 Å². The molecule has 0 unspecified atom stereocenters. The van der Waals surface area contributed by atoms with E-state index in [9.17, 15) is 0 Å². The number of hydrogen-bond acceptors (Lipinski definition) is 8. The van der Waals surface area contributed by atoms with Crippen molar-refractivity contribution >= 4 is 57.8 Å². The van der Waals surface area contributed by atoms with E-state index in [4.69, 9.17) is 33.7 Å². The number of nitrogens with one attached hydrogen (secondary N) is 3. The van der Waals surface area contributed by atoms with Gasteiger partial charge in [0.25, 0.3) is 0 Å². The molecule has 1 aromatic heterocycles. The minimum absolute atomic E-state index is 0.422. The second kappa shape index (κ2) is 12.3. The Balaban J connectivity index is 0.00000149. The van der Waals surface area contributed by atoms with Crippen molar-refractivity contribution in [3.63, 3.8) is 0 Å². The van der Waals surface area contributed by atoms with Gasteiger partial charge in [-0.2, -0.15) is 9.97 Å². The minimum atomic E-state index is 0.422. The molecule has 3 aromatic rings. The third kappa shape index (κ3) is 7.02. The molecule has 5 N–H and O–H groups in total. The van der Waals surface area contributed by atoms with Crippen LogP contribution in [0.5, 0.6) is 0 Å². The van der Waals surface area contributed by atoms with E-state index in [1.807, 2.05) is 50.2 Å². The van der Waals surface area contributed by atoms with E-state index < -0.39 is 0 Å². The molecule has 10 heteroatoms. The van der Waals surface area contributed by atoms with Gasteiger partial charge in [-0.25, -0.2) is 0 Å². The van der Waals surface area contributed by atoms with E-state index in [2.05, 4.69) is 30.8 Å². The van der Waals surface area contributed by atoms with Gasteiger partial charge < -0.3 is 31.3 Å². The number of hydrogen-bond donors (Lipinski definition) is 4. The van der Waals surface area contributed by atoms with Crippen LogP contribution in [0, 0.1) is 0 Å². The van der Waals surface area contributed by atoms with Gasteiger partial charge >= 0.3 is 0 Å². The van der Waals surface area contributed by atoms with Crippen LogP contribution in [0.4, 0.5) is 34.6 Å². The Kier molecular flexibility index (Phi) is 9.24. The van der Waals surface area contributed by atoms with E-state index in [1.54, 1.807) is 12.1 Å². The average Bonchev–Trinajstić information content (AvgIpc) is 2.85. The summed E-state index contributed by atoms with van der Waals surface area (Å²) in [4.78, 5) is 11.3. The second-order valence-electron chi connectivity index (χ2n) is 6.90. The number of aromatic nitrogens is 2. The van der Waals surface area contributed by atoms with Crippen LogP contribution in [0.1, 0.15) is 13.8 Å². The topological polar surface area (TPSA) is 100 Å². The molecule has 1 aliphatic heterocycles. The zero-order valence-electron chi connectivity index (χ0n) is 18.7. The van der Waals surface area contributed by atoms with Crippen LogP contribution in [0.2, 0.25) is 10.0 Å². The summed E-state index contributed by atoms with van der Waals surface area (Å²) in [7, 11) is 0. The molecule has 0 aliphatic carbocycles. The SMILES string of the molecule is CC.Nc1c(NCNc2ccc(Cl)cc2)nc(Nc2ccc(Cl)cc2)nc1N1CCOCC1. The number of halogens is 2. The van der Waals surface area contributed by atoms with Crippen molar-refractivity contribution in [2.45, 2.75) is 13.8 Å². The number of benzene rings is 2. The average molecular weight is 490 g/mol. The Morgan fingerprint density at radius 2 is 1.45 bits per heavy atom. The lowest BCUT2D eigenvalue weighted by atomic mass is 10.3. The quantitative estimate of drug-likeness (QED) is 0.325. The van der Waals surface area contributed by atoms with E-state index in [-0.39, 0.29) is 0 Å². The summed E-state index contributed by atoms with van der Waals surface area (Å²) < 4.78 is 5.46. The zero-order valence-corrected chi connectivity index (χ0v) is 20.2. The highest BCUT2D eigenvalue weighted by atomic mass is 35.5. The van der Waals surface area contributed by atoms with Gasteiger partial charge in [-0.1, -0.05) is 37.0 Å². The van der Waals surface area contributed by atoms with Crippen molar-refractivity contribution in [3.8, 4) is 0 Å². The summed E-state index contributed by atoms with van der Waals surface area (Å²) in [5.74, 6) is 1.64. The molecule has 0 amide bonds. The Hall–Kier alpha value is -2.94. The molecule has 4 rings (SSSR count). The van der Waals surface area contributed by atoms with Crippen LogP contribution >= 0.6 is 23.2 Å². The van der Waals surface area contributed by atoms with Crippen molar-refractivity contribution in [1.29, 1.82) is 0 Å². The number of rotatable bonds is 7. The summed E-state index contributed by atoms with van der Waals surface area (Å²) in [6, 6.07) is 14.8. The van der Waals surface area contributed by atoms with E-state index >= 15 is 0 Å². The van der Waals surface area contributed by atoms with Crippen LogP contribution < -0.4 is 26.6 Å². The van der Waals surface area contributed by atoms with E-state index in [1.165, 1.54) is 0 Å². The molecule has 0 bridgehead atoms. The predicted octanol–water partition coefficient (Wildman–Crippen LogP) is 5.45. The second-order valence-corrected chi connectivity index (χ2v) is 7.77. The Morgan fingerprint density at radius 1 is 0.879 bits per heavy atom. The molecule has 2 heterocycles. The first kappa shape index (κ1) is 24.7. The molecule has 0 atom stereocenters. The maximum Gasteiger partial charge on any atom is 0.231 e. The van der Waals surface area contributed by atoms with Gasteiger partial charge in [-0.05, 0) is 48.5 Å². The maximum absolute atomic E-state index is 6.44. The molecule has 1 fully saturated rings. The predicted molar refractivity (Wildman–Crippen MR) is 139 cm³/mol. The smallest absolute Gasteiger partial charge is 0.231 e. The monoisotopic (exact) mass is 489 g/mol. The normalized spacial score (nSPS) is 13.0. The lowest BCUT2D eigenvalue weighted by molar-refractivity contribution is 0.122. The zero-order chi connectivity index (χ0) is 23.6. The third-order valence-corrected chi connectivity index (χ3v) is 5.23. The summed E-state index contributed by atoms with van der Waals surface area (Å²) in [6.07, 6.45) is 0. The highest BCUT2D eigenvalue weighted by molar-refractivity contribution is 6.30. The first-order valence-corrected chi connectivity index (χ1v) is 11.6. The standard InChI is InChI=1S/C21H23Cl2N7O.C2H6/c22-14-1-5-16(6-2-14)25-13-26-19-18(24)20(30-9-11-31-12-10-30)29-21(28-19)27-17-7-3-15(23)4-8-17;1-2/h1-8,25H,9-13,24H2,(H2,26,27,28,29);1-2H3. The highest BCUT2D eigenvalue weighted by Gasteiger charge is 2.20. The number of nitrogens with two attached hydrogens (primary N) is 1. The van der Waals surface area contributed by atoms with E-state index in [0.29, 0.717) is 66.3 Å². The molecule has 0 radical (unpaired) electrons. The fraction of sp³-hybridized carbons (Fsp3) is 0.304. The fourth-order valence-electron chi connectivity index (χ4n) is 3.12. The van der Waals surface area contributed by atoms with Gasteiger partial charge in [0.1, 0.15) is 5.69 Å². The lowest BCUT2D eigenvalue weighted by Crippen LogP contribution is -2.37. The van der Waals surface area contributed by atoms with Crippen LogP contribution in [0.15, 0.2) is 48.5 Å². The van der Waals surface area contributed by atoms with Gasteiger partial charge in [-0.3, -0.25) is 0 Å². The Labute approximate surface area is 204 Å². The van der Waals surface area contributed by atoms with Gasteiger partial charge in [0, 0.05) is 34.5 Å². The van der Waals surface area contributed by atoms with Crippen molar-refractivity contribution in [2.24, 2.45) is 0 Å². The van der Waals surface area contributed by atoms with Gasteiger partial charge in [0.05, 0.1) is 19.9 Å². The van der Waals surface area contributed by atoms with Crippen LogP contribution in [0.25, 0.3) is 0 Å². The number of ether oxygens (including phenoxy) is 1. The maximum atomic E-state index is 6.44. The summed E-state index contributed by atoms with van der Waals surface area (Å²) in [6.45, 7) is 7.11. The largest absolute Gasteiger partial charge is 0.393 e. The summed E-state index contributed by atoms with van der Waals surface area (Å²) >= 11 is 11.9. The molecular weight excluding hydrogens is 461 g/mol. The number of morpholine rings is 1. The third-order valence-electron chi connectivity index (χ3n) is 4.73. The Bertz CT molecular complexity index is 1010. The molecule has 2 aromatic carbocycles. The fourth-order valence-corrected chi connectivity index (χ4v) is 3.38. The van der Waals surface area contributed by atoms with Crippen LogP contribution in [0.3, 0.4) is 0 Å². The summed E-state index contributed by atoms with van der Waals surface area (Å²) in [5, 5.41) is 11.1. The number of nitrogens with zero attached hydrogens (tertiary/aromatic N) is 3. The molecule has 1 aliphatic rings. The van der Waals surface area contributed by atoms with Gasteiger partial charge in [0.15, 0.2) is 11.6 Å². The van der Waals surface area contributed by atoms with Crippen LogP contribution in [-0.2, 0) is 4.74 Å². The molecule has 8 nitrogen and oxygen atoms in total. The Morgan fingerprint density at radius 3 is 2.06 bits per heavy atom. The molecule has 33 heavy (non-hydrogen) atoms. The lowest BCUT2D eigenvalue weighted by Gasteiger charge is -2.29. The first-order valence-electron chi connectivity index (χ1n) is 10.8. The van der Waals surface area contributed by atoms with Crippen molar-refractivity contribution in [3.05, 3.63) is 58.6 Å².